The Morgan fingerprint density at radius 1 is 1.00 bits per heavy atom. The highest BCUT2D eigenvalue weighted by atomic mass is 32.2. The SMILES string of the molecule is Cc1ccc(C(=O)N2CCC3CCCCC3C2)cc1S(=O)(=O)N1CCC1. The van der Waals surface area contributed by atoms with Gasteiger partial charge in [0.25, 0.3) is 5.91 Å². The fourth-order valence-electron chi connectivity index (χ4n) is 4.65. The molecule has 6 heteroatoms. The molecule has 1 saturated carbocycles. The Morgan fingerprint density at radius 2 is 1.73 bits per heavy atom. The topological polar surface area (TPSA) is 57.7 Å². The van der Waals surface area contributed by atoms with Crippen molar-refractivity contribution in [3.8, 4) is 0 Å². The van der Waals surface area contributed by atoms with Crippen LogP contribution in [-0.4, -0.2) is 49.7 Å². The summed E-state index contributed by atoms with van der Waals surface area (Å²) < 4.78 is 27.0. The largest absolute Gasteiger partial charge is 0.338 e. The van der Waals surface area contributed by atoms with E-state index in [1.165, 1.54) is 30.0 Å². The van der Waals surface area contributed by atoms with E-state index in [9.17, 15) is 13.2 Å². The predicted octanol–water partition coefficient (Wildman–Crippen LogP) is 3.04. The predicted molar refractivity (Wildman–Crippen MR) is 101 cm³/mol. The molecule has 0 radical (unpaired) electrons. The average molecular weight is 377 g/mol. The van der Waals surface area contributed by atoms with E-state index in [4.69, 9.17) is 0 Å². The number of benzene rings is 1. The second-order valence-corrected chi connectivity index (χ2v) is 9.99. The van der Waals surface area contributed by atoms with Gasteiger partial charge in [0.2, 0.25) is 10.0 Å². The highest BCUT2D eigenvalue weighted by Crippen LogP contribution is 2.36. The molecule has 0 aromatic heterocycles. The average Bonchev–Trinajstić information content (AvgIpc) is 2.59. The summed E-state index contributed by atoms with van der Waals surface area (Å²) in [5.41, 5.74) is 1.21. The number of carbonyl (C=O) groups is 1. The molecule has 0 N–H and O–H groups in total. The molecule has 3 aliphatic rings. The van der Waals surface area contributed by atoms with Crippen LogP contribution in [0.4, 0.5) is 0 Å². The molecule has 5 nitrogen and oxygen atoms in total. The van der Waals surface area contributed by atoms with Crippen LogP contribution in [0, 0.1) is 18.8 Å². The van der Waals surface area contributed by atoms with Gasteiger partial charge in [-0.25, -0.2) is 8.42 Å². The third-order valence-electron chi connectivity index (χ3n) is 6.45. The number of nitrogens with zero attached hydrogens (tertiary/aromatic N) is 2. The third-order valence-corrected chi connectivity index (χ3v) is 8.49. The van der Waals surface area contributed by atoms with Crippen LogP contribution in [0.3, 0.4) is 0 Å². The second-order valence-electron chi connectivity index (χ2n) is 8.08. The van der Waals surface area contributed by atoms with Crippen LogP contribution in [0.25, 0.3) is 0 Å². The number of carbonyl (C=O) groups excluding carboxylic acids is 1. The number of rotatable bonds is 3. The summed E-state index contributed by atoms with van der Waals surface area (Å²) >= 11 is 0. The van der Waals surface area contributed by atoms with Crippen LogP contribution < -0.4 is 0 Å². The molecule has 1 aromatic rings. The maximum absolute atomic E-state index is 13.0. The Labute approximate surface area is 156 Å². The molecule has 2 aliphatic heterocycles. The van der Waals surface area contributed by atoms with Crippen molar-refractivity contribution in [1.82, 2.24) is 9.21 Å². The summed E-state index contributed by atoms with van der Waals surface area (Å²) in [6.07, 6.45) is 7.11. The fourth-order valence-corrected chi connectivity index (χ4v) is 6.41. The molecule has 1 aromatic carbocycles. The van der Waals surface area contributed by atoms with Gasteiger partial charge < -0.3 is 4.90 Å². The number of hydrogen-bond donors (Lipinski definition) is 0. The first-order valence-corrected chi connectivity index (χ1v) is 11.3. The van der Waals surface area contributed by atoms with Gasteiger partial charge in [0.15, 0.2) is 0 Å². The monoisotopic (exact) mass is 376 g/mol. The first-order chi connectivity index (χ1) is 12.5. The van der Waals surface area contributed by atoms with Gasteiger partial charge >= 0.3 is 0 Å². The first-order valence-electron chi connectivity index (χ1n) is 9.87. The van der Waals surface area contributed by atoms with Crippen LogP contribution in [0.5, 0.6) is 0 Å². The quantitative estimate of drug-likeness (QED) is 0.815. The number of aryl methyl sites for hydroxylation is 1. The highest BCUT2D eigenvalue weighted by Gasteiger charge is 2.34. The molecular formula is C20H28N2O3S. The molecule has 2 saturated heterocycles. The van der Waals surface area contributed by atoms with E-state index in [0.717, 1.165) is 31.8 Å². The van der Waals surface area contributed by atoms with Crippen LogP contribution in [0.15, 0.2) is 23.1 Å². The highest BCUT2D eigenvalue weighted by molar-refractivity contribution is 7.89. The zero-order chi connectivity index (χ0) is 18.3. The molecule has 2 atom stereocenters. The van der Waals surface area contributed by atoms with E-state index < -0.39 is 10.0 Å². The smallest absolute Gasteiger partial charge is 0.253 e. The van der Waals surface area contributed by atoms with Crippen molar-refractivity contribution in [2.24, 2.45) is 11.8 Å². The molecule has 0 bridgehead atoms. The summed E-state index contributed by atoms with van der Waals surface area (Å²) in [6.45, 7) is 4.58. The normalized spacial score (nSPS) is 26.9. The van der Waals surface area contributed by atoms with Crippen molar-refractivity contribution >= 4 is 15.9 Å². The lowest BCUT2D eigenvalue weighted by Gasteiger charge is -2.41. The number of likely N-dealkylation sites (tertiary alicyclic amines) is 1. The summed E-state index contributed by atoms with van der Waals surface area (Å²) in [5, 5.41) is 0. The minimum Gasteiger partial charge on any atom is -0.338 e. The summed E-state index contributed by atoms with van der Waals surface area (Å²) in [4.78, 5) is 15.3. The Balaban J connectivity index is 1.56. The van der Waals surface area contributed by atoms with Gasteiger partial charge in [-0.1, -0.05) is 25.3 Å². The number of hydrogen-bond acceptors (Lipinski definition) is 3. The molecule has 2 unspecified atom stereocenters. The Morgan fingerprint density at radius 3 is 2.42 bits per heavy atom. The van der Waals surface area contributed by atoms with E-state index in [2.05, 4.69) is 0 Å². The molecule has 142 valence electrons. The zero-order valence-electron chi connectivity index (χ0n) is 15.5. The maximum Gasteiger partial charge on any atom is 0.253 e. The molecule has 1 aliphatic carbocycles. The van der Waals surface area contributed by atoms with Crippen molar-refractivity contribution in [1.29, 1.82) is 0 Å². The lowest BCUT2D eigenvalue weighted by Crippen LogP contribution is -2.45. The van der Waals surface area contributed by atoms with E-state index >= 15 is 0 Å². The number of amides is 1. The molecule has 1 amide bonds. The third kappa shape index (κ3) is 3.18. The number of sulfonamides is 1. The molecule has 26 heavy (non-hydrogen) atoms. The lowest BCUT2D eigenvalue weighted by atomic mass is 9.75. The fraction of sp³-hybridized carbons (Fsp3) is 0.650. The van der Waals surface area contributed by atoms with Gasteiger partial charge in [0.05, 0.1) is 4.90 Å². The van der Waals surface area contributed by atoms with E-state index in [0.29, 0.717) is 30.1 Å². The zero-order valence-corrected chi connectivity index (χ0v) is 16.3. The van der Waals surface area contributed by atoms with Crippen molar-refractivity contribution in [3.63, 3.8) is 0 Å². The Hall–Kier alpha value is -1.40. The van der Waals surface area contributed by atoms with Gasteiger partial charge in [-0.05, 0) is 55.7 Å². The van der Waals surface area contributed by atoms with Crippen molar-refractivity contribution in [3.05, 3.63) is 29.3 Å². The molecular weight excluding hydrogens is 348 g/mol. The van der Waals surface area contributed by atoms with Crippen molar-refractivity contribution < 1.29 is 13.2 Å². The molecule has 2 heterocycles. The van der Waals surface area contributed by atoms with Gasteiger partial charge in [-0.2, -0.15) is 4.31 Å². The summed E-state index contributed by atoms with van der Waals surface area (Å²) in [6, 6.07) is 5.14. The van der Waals surface area contributed by atoms with Crippen molar-refractivity contribution in [2.75, 3.05) is 26.2 Å². The van der Waals surface area contributed by atoms with Gasteiger partial charge in [0, 0.05) is 31.7 Å². The van der Waals surface area contributed by atoms with Gasteiger partial charge in [-0.3, -0.25) is 4.79 Å². The van der Waals surface area contributed by atoms with E-state index in [-0.39, 0.29) is 10.8 Å². The Bertz CT molecular complexity index is 801. The van der Waals surface area contributed by atoms with Gasteiger partial charge in [-0.15, -0.1) is 0 Å². The summed E-state index contributed by atoms with van der Waals surface area (Å²) in [5.74, 6) is 1.37. The van der Waals surface area contributed by atoms with Crippen LogP contribution in [0.1, 0.15) is 54.4 Å². The number of fused-ring (bicyclic) bond motifs is 1. The first kappa shape index (κ1) is 18.0. The lowest BCUT2D eigenvalue weighted by molar-refractivity contribution is 0.0520. The van der Waals surface area contributed by atoms with Crippen LogP contribution >= 0.6 is 0 Å². The van der Waals surface area contributed by atoms with Gasteiger partial charge in [0.1, 0.15) is 0 Å². The summed E-state index contributed by atoms with van der Waals surface area (Å²) in [7, 11) is -3.48. The van der Waals surface area contributed by atoms with E-state index in [1.54, 1.807) is 25.1 Å². The molecule has 0 spiro atoms. The molecule has 3 fully saturated rings. The minimum absolute atomic E-state index is 0.0194. The van der Waals surface area contributed by atoms with Crippen LogP contribution in [-0.2, 0) is 10.0 Å². The van der Waals surface area contributed by atoms with Crippen LogP contribution in [0.2, 0.25) is 0 Å². The standard InChI is InChI=1S/C20H28N2O3S/c1-15-7-8-17(13-19(15)26(24,25)22-10-4-11-22)20(23)21-12-9-16-5-2-3-6-18(16)14-21/h7-8,13,16,18H,2-6,9-12,14H2,1H3. The minimum atomic E-state index is -3.48. The molecule has 4 rings (SSSR count). The number of piperidine rings is 1. The maximum atomic E-state index is 13.0. The Kier molecular flexibility index (Phi) is 4.82. The van der Waals surface area contributed by atoms with Crippen molar-refractivity contribution in [2.45, 2.75) is 50.3 Å². The second kappa shape index (κ2) is 6.97. The van der Waals surface area contributed by atoms with E-state index in [1.807, 2.05) is 4.90 Å².